The number of thiazole rings is 1. The highest BCUT2D eigenvalue weighted by Gasteiger charge is 2.47. The van der Waals surface area contributed by atoms with Gasteiger partial charge in [0.2, 0.25) is 0 Å². The molecule has 2 N–H and O–H groups in total. The molecule has 1 aromatic heterocycles. The predicted octanol–water partition coefficient (Wildman–Crippen LogP) is 1.93. The summed E-state index contributed by atoms with van der Waals surface area (Å²) in [5.41, 5.74) is 5.68. The number of nitrogens with zero attached hydrogens (tertiary/aromatic N) is 3. The third-order valence-corrected chi connectivity index (χ3v) is 4.44. The lowest BCUT2D eigenvalue weighted by Crippen LogP contribution is -2.60. The first kappa shape index (κ1) is 15.5. The second kappa shape index (κ2) is 6.28. The monoisotopic (exact) mass is 308 g/mol. The van der Waals surface area contributed by atoms with Gasteiger partial charge in [-0.15, -0.1) is 11.3 Å². The first-order valence-electron chi connectivity index (χ1n) is 6.64. The molecule has 8 heteroatoms. The number of piperazine rings is 1. The summed E-state index contributed by atoms with van der Waals surface area (Å²) in [4.78, 5) is 7.67. The Hall–Kier alpha value is -0.860. The average Bonchev–Trinajstić information content (AvgIpc) is 2.92. The summed E-state index contributed by atoms with van der Waals surface area (Å²) in [5, 5.41) is 2.74. The van der Waals surface area contributed by atoms with Crippen LogP contribution in [0.4, 0.5) is 18.3 Å². The van der Waals surface area contributed by atoms with Crippen LogP contribution in [0.15, 0.2) is 11.6 Å². The number of anilines is 1. The van der Waals surface area contributed by atoms with Crippen molar-refractivity contribution < 1.29 is 13.2 Å². The van der Waals surface area contributed by atoms with Gasteiger partial charge in [-0.1, -0.05) is 6.92 Å². The fourth-order valence-electron chi connectivity index (χ4n) is 2.51. The van der Waals surface area contributed by atoms with Gasteiger partial charge in [-0.25, -0.2) is 4.98 Å². The summed E-state index contributed by atoms with van der Waals surface area (Å²) in [6, 6.07) is -2.42. The normalized spacial score (nSPS) is 20.9. The van der Waals surface area contributed by atoms with Gasteiger partial charge >= 0.3 is 6.18 Å². The lowest BCUT2D eigenvalue weighted by Gasteiger charge is -2.41. The molecule has 2 heterocycles. The van der Waals surface area contributed by atoms with Crippen molar-refractivity contribution in [3.8, 4) is 0 Å². The summed E-state index contributed by atoms with van der Waals surface area (Å²) in [6.45, 7) is 3.51. The molecule has 0 bridgehead atoms. The van der Waals surface area contributed by atoms with Gasteiger partial charge < -0.3 is 10.6 Å². The highest BCUT2D eigenvalue weighted by molar-refractivity contribution is 7.13. The molecule has 1 aliphatic heterocycles. The van der Waals surface area contributed by atoms with Crippen molar-refractivity contribution in [2.24, 2.45) is 5.73 Å². The highest BCUT2D eigenvalue weighted by atomic mass is 32.1. The van der Waals surface area contributed by atoms with Gasteiger partial charge in [0.15, 0.2) is 5.13 Å². The van der Waals surface area contributed by atoms with Crippen LogP contribution in [0.5, 0.6) is 0 Å². The maximum absolute atomic E-state index is 13.2. The van der Waals surface area contributed by atoms with E-state index in [1.807, 2.05) is 10.3 Å². The molecule has 4 nitrogen and oxygen atoms in total. The van der Waals surface area contributed by atoms with Gasteiger partial charge in [-0.05, 0) is 6.42 Å². The molecule has 1 saturated heterocycles. The topological polar surface area (TPSA) is 45.4 Å². The van der Waals surface area contributed by atoms with Crippen LogP contribution < -0.4 is 10.6 Å². The number of nitrogens with two attached hydrogens (primary N) is 1. The second-order valence-corrected chi connectivity index (χ2v) is 5.77. The van der Waals surface area contributed by atoms with E-state index in [4.69, 9.17) is 5.73 Å². The fraction of sp³-hybridized carbons (Fsp3) is 0.750. The lowest BCUT2D eigenvalue weighted by atomic mass is 10.0. The van der Waals surface area contributed by atoms with Crippen LogP contribution in [-0.4, -0.2) is 54.3 Å². The van der Waals surface area contributed by atoms with E-state index in [1.165, 1.54) is 16.2 Å². The van der Waals surface area contributed by atoms with Crippen LogP contribution in [0, 0.1) is 0 Å². The van der Waals surface area contributed by atoms with E-state index < -0.39 is 18.3 Å². The van der Waals surface area contributed by atoms with Crippen molar-refractivity contribution in [2.45, 2.75) is 31.6 Å². The van der Waals surface area contributed by atoms with Crippen molar-refractivity contribution in [1.29, 1.82) is 0 Å². The van der Waals surface area contributed by atoms with Crippen LogP contribution in [0.3, 0.4) is 0 Å². The molecular weight excluding hydrogens is 289 g/mol. The Morgan fingerprint density at radius 2 is 2.00 bits per heavy atom. The quantitative estimate of drug-likeness (QED) is 0.923. The van der Waals surface area contributed by atoms with Crippen LogP contribution in [-0.2, 0) is 0 Å². The maximum atomic E-state index is 13.2. The molecule has 2 atom stereocenters. The molecule has 1 aliphatic rings. The summed E-state index contributed by atoms with van der Waals surface area (Å²) < 4.78 is 39.5. The van der Waals surface area contributed by atoms with Gasteiger partial charge in [-0.3, -0.25) is 4.90 Å². The summed E-state index contributed by atoms with van der Waals surface area (Å²) in [6.07, 6.45) is -2.26. The molecule has 0 amide bonds. The molecule has 1 fully saturated rings. The van der Waals surface area contributed by atoms with Gasteiger partial charge in [0, 0.05) is 43.8 Å². The SMILES string of the molecule is CCC(N)C(N1CCN(c2nccs2)CC1)C(F)(F)F. The largest absolute Gasteiger partial charge is 0.405 e. The van der Waals surface area contributed by atoms with Crippen LogP contribution in [0.25, 0.3) is 0 Å². The van der Waals surface area contributed by atoms with E-state index in [0.29, 0.717) is 32.6 Å². The Kier molecular flexibility index (Phi) is 4.87. The molecule has 2 unspecified atom stereocenters. The zero-order valence-corrected chi connectivity index (χ0v) is 12.1. The van der Waals surface area contributed by atoms with E-state index in [0.717, 1.165) is 5.13 Å². The molecule has 114 valence electrons. The van der Waals surface area contributed by atoms with E-state index in [9.17, 15) is 13.2 Å². The number of hydrogen-bond acceptors (Lipinski definition) is 5. The number of hydrogen-bond donors (Lipinski definition) is 1. The summed E-state index contributed by atoms with van der Waals surface area (Å²) >= 11 is 1.50. The zero-order valence-electron chi connectivity index (χ0n) is 11.3. The molecule has 1 aromatic rings. The van der Waals surface area contributed by atoms with E-state index in [-0.39, 0.29) is 0 Å². The molecule has 0 spiro atoms. The van der Waals surface area contributed by atoms with E-state index >= 15 is 0 Å². The average molecular weight is 308 g/mol. The highest BCUT2D eigenvalue weighted by Crippen LogP contribution is 2.29. The van der Waals surface area contributed by atoms with Crippen molar-refractivity contribution in [3.63, 3.8) is 0 Å². The Labute approximate surface area is 120 Å². The molecule has 0 aliphatic carbocycles. The van der Waals surface area contributed by atoms with Gasteiger partial charge in [0.25, 0.3) is 0 Å². The molecule has 0 aromatic carbocycles. The second-order valence-electron chi connectivity index (χ2n) is 4.90. The number of rotatable bonds is 4. The van der Waals surface area contributed by atoms with Crippen LogP contribution in [0.1, 0.15) is 13.3 Å². The van der Waals surface area contributed by atoms with Crippen molar-refractivity contribution in [3.05, 3.63) is 11.6 Å². The molecule has 2 rings (SSSR count). The van der Waals surface area contributed by atoms with Gasteiger partial charge in [0.1, 0.15) is 6.04 Å². The minimum atomic E-state index is -4.28. The summed E-state index contributed by atoms with van der Waals surface area (Å²) in [5.74, 6) is 0. The number of aromatic nitrogens is 1. The van der Waals surface area contributed by atoms with Crippen molar-refractivity contribution >= 4 is 16.5 Å². The number of halogens is 3. The standard InChI is InChI=1S/C12H19F3N4S/c1-2-9(16)10(12(13,14)15)18-4-6-19(7-5-18)11-17-3-8-20-11/h3,8-10H,2,4-7,16H2,1H3. The Morgan fingerprint density at radius 3 is 2.45 bits per heavy atom. The third kappa shape index (κ3) is 3.42. The predicted molar refractivity (Wildman–Crippen MR) is 74.0 cm³/mol. The van der Waals surface area contributed by atoms with E-state index in [2.05, 4.69) is 4.98 Å². The minimum Gasteiger partial charge on any atom is -0.346 e. The third-order valence-electron chi connectivity index (χ3n) is 3.61. The van der Waals surface area contributed by atoms with Gasteiger partial charge in [-0.2, -0.15) is 13.2 Å². The molecule has 20 heavy (non-hydrogen) atoms. The Morgan fingerprint density at radius 1 is 1.35 bits per heavy atom. The number of alkyl halides is 3. The zero-order chi connectivity index (χ0) is 14.8. The first-order valence-corrected chi connectivity index (χ1v) is 7.52. The van der Waals surface area contributed by atoms with Crippen molar-refractivity contribution in [2.75, 3.05) is 31.1 Å². The molecular formula is C12H19F3N4S. The minimum absolute atomic E-state index is 0.316. The smallest absolute Gasteiger partial charge is 0.346 e. The Bertz CT molecular complexity index is 401. The van der Waals surface area contributed by atoms with E-state index in [1.54, 1.807) is 13.1 Å². The van der Waals surface area contributed by atoms with Gasteiger partial charge in [0.05, 0.1) is 0 Å². The molecule has 0 saturated carbocycles. The lowest BCUT2D eigenvalue weighted by molar-refractivity contribution is -0.190. The first-order chi connectivity index (χ1) is 9.43. The maximum Gasteiger partial charge on any atom is 0.405 e. The van der Waals surface area contributed by atoms with Crippen LogP contribution in [0.2, 0.25) is 0 Å². The van der Waals surface area contributed by atoms with Crippen molar-refractivity contribution in [1.82, 2.24) is 9.88 Å². The van der Waals surface area contributed by atoms with Crippen LogP contribution >= 0.6 is 11.3 Å². The molecule has 0 radical (unpaired) electrons. The fourth-order valence-corrected chi connectivity index (χ4v) is 3.20. The summed E-state index contributed by atoms with van der Waals surface area (Å²) in [7, 11) is 0. The Balaban J connectivity index is 2.00.